The molecule has 0 spiro atoms. The van der Waals surface area contributed by atoms with E-state index in [0.717, 1.165) is 5.57 Å². The summed E-state index contributed by atoms with van der Waals surface area (Å²) in [5.74, 6) is 0. The Labute approximate surface area is 503 Å². The number of ether oxygens (including phenoxy) is 15. The molecule has 35 atom stereocenters. The Morgan fingerprint density at radius 1 is 0.360 bits per heavy atom. The number of rotatable bonds is 12. The van der Waals surface area contributed by atoms with Gasteiger partial charge in [0.25, 0.3) is 0 Å². The minimum Gasteiger partial charge on any atom is -0.394 e. The van der Waals surface area contributed by atoms with Crippen LogP contribution in [-0.4, -0.2) is 378 Å². The lowest BCUT2D eigenvalue weighted by atomic mass is 9.95. The lowest BCUT2D eigenvalue weighted by molar-refractivity contribution is -0.398. The highest BCUT2D eigenvalue weighted by Gasteiger charge is 2.60. The first-order valence-corrected chi connectivity index (χ1v) is 28.8. The molecule has 0 unspecified atom stereocenters. The molecule has 508 valence electrons. The van der Waals surface area contributed by atoms with Crippen LogP contribution in [0.4, 0.5) is 0 Å². The monoisotopic (exact) mass is 1290 g/mol. The van der Waals surface area contributed by atoms with Gasteiger partial charge in [-0.25, -0.2) is 4.68 Å². The van der Waals surface area contributed by atoms with Crippen LogP contribution in [0.25, 0.3) is 0 Å². The molecule has 1 aromatic rings. The molecular formula is C51H79N3O35. The van der Waals surface area contributed by atoms with Gasteiger partial charge in [-0.05, 0) is 12.0 Å². The lowest BCUT2D eigenvalue weighted by Gasteiger charge is -2.50. The van der Waals surface area contributed by atoms with Crippen LogP contribution < -0.4 is 0 Å². The van der Waals surface area contributed by atoms with Gasteiger partial charge >= 0.3 is 0 Å². The predicted octanol–water partition coefficient (Wildman–Crippen LogP) is -13.5. The molecule has 22 aliphatic rings. The van der Waals surface area contributed by atoms with Crippen molar-refractivity contribution in [3.63, 3.8) is 0 Å². The zero-order valence-electron chi connectivity index (χ0n) is 47.0. The van der Waals surface area contributed by atoms with E-state index in [1.54, 1.807) is 0 Å². The van der Waals surface area contributed by atoms with Crippen molar-refractivity contribution in [1.29, 1.82) is 0 Å². The molecule has 21 fully saturated rings. The number of allylic oxidation sites excluding steroid dienone is 4. The molecule has 1 aliphatic carbocycles. The smallest absolute Gasteiger partial charge is 0.187 e. The van der Waals surface area contributed by atoms with Crippen molar-refractivity contribution in [1.82, 2.24) is 15.0 Å². The Bertz CT molecular complexity index is 2450. The highest BCUT2D eigenvalue weighted by molar-refractivity contribution is 5.22. The molecule has 0 radical (unpaired) electrons. The van der Waals surface area contributed by atoms with Gasteiger partial charge in [0.15, 0.2) is 44.0 Å². The van der Waals surface area contributed by atoms with Gasteiger partial charge in [0.2, 0.25) is 0 Å². The average molecular weight is 1290 g/mol. The third kappa shape index (κ3) is 14.2. The molecule has 21 aliphatic heterocycles. The van der Waals surface area contributed by atoms with Crippen LogP contribution >= 0.6 is 0 Å². The van der Waals surface area contributed by atoms with Gasteiger partial charge in [-0.15, -0.1) is 5.10 Å². The minimum atomic E-state index is -2.22. The number of hydrogen-bond donors (Lipinski definition) is 20. The Kier molecular flexibility index (Phi) is 23.2. The highest BCUT2D eigenvalue weighted by atomic mass is 16.8. The third-order valence-electron chi connectivity index (χ3n) is 17.0. The summed E-state index contributed by atoms with van der Waals surface area (Å²) in [6.45, 7) is -7.46. The molecule has 1 aromatic heterocycles. The first-order chi connectivity index (χ1) is 42.7. The number of nitrogens with zero attached hydrogens (tertiary/aromatic N) is 3. The van der Waals surface area contributed by atoms with Crippen LogP contribution in [0, 0.1) is 0 Å². The van der Waals surface area contributed by atoms with E-state index < -0.39 is 268 Å². The summed E-state index contributed by atoms with van der Waals surface area (Å²) in [6.07, 6.45) is -62.0. The fourth-order valence-electron chi connectivity index (χ4n) is 12.1. The van der Waals surface area contributed by atoms with Gasteiger partial charge in [-0.1, -0.05) is 23.4 Å². The maximum Gasteiger partial charge on any atom is 0.187 e. The second-order valence-corrected chi connectivity index (χ2v) is 22.8. The summed E-state index contributed by atoms with van der Waals surface area (Å²) in [5, 5.41) is 232. The van der Waals surface area contributed by atoms with E-state index in [-0.39, 0.29) is 5.69 Å². The van der Waals surface area contributed by atoms with Crippen LogP contribution in [0.2, 0.25) is 0 Å². The van der Waals surface area contributed by atoms with Crippen LogP contribution in [-0.2, 0) is 84.2 Å². The Hall–Kier alpha value is -2.78. The maximum atomic E-state index is 12.3. The van der Waals surface area contributed by atoms with Gasteiger partial charge in [0.05, 0.1) is 65.6 Å². The molecule has 0 saturated carbocycles. The molecule has 0 aromatic carbocycles. The second kappa shape index (κ2) is 29.9. The van der Waals surface area contributed by atoms with Crippen LogP contribution in [0.1, 0.15) is 12.1 Å². The van der Waals surface area contributed by atoms with Crippen molar-refractivity contribution >= 4 is 0 Å². The molecule has 38 heteroatoms. The van der Waals surface area contributed by atoms with E-state index in [1.807, 2.05) is 18.2 Å². The first kappa shape index (κ1) is 69.1. The molecule has 38 nitrogen and oxygen atoms in total. The first-order valence-electron chi connectivity index (χ1n) is 28.8. The van der Waals surface area contributed by atoms with E-state index in [1.165, 1.54) is 10.9 Å². The highest BCUT2D eigenvalue weighted by Crippen LogP contribution is 2.39. The average Bonchev–Trinajstić information content (AvgIpc) is 1.16. The van der Waals surface area contributed by atoms with Crippen molar-refractivity contribution in [2.45, 2.75) is 235 Å². The summed E-state index contributed by atoms with van der Waals surface area (Å²) < 4.78 is 89.4. The summed E-state index contributed by atoms with van der Waals surface area (Å²) in [5.41, 5.74) is 1.18. The van der Waals surface area contributed by atoms with Gasteiger partial charge in [0.1, 0.15) is 177 Å². The standard InChI is InChI=1S/C51H79N3O35/c55-7-17-37-24(62)30(68)46(76-17)84-39-19(9-57)78-48(32(70)26(39)64)86-41-21(11-59)80-50(34(72)28(41)66)88-43-23(13-61)82-51(44(36(43)74)75-14-16-6-54(53-52-16)5-15-3-1-2-4-15)89-42-22(12-60)81-49(35(73)29(42)67)87-40-20(10-58)79-47(33(71)27(40)65)85-38-18(8-56)77-45(83-37)31(69)25(38)63/h1-3,6,17-51,55-74H,4-5,7-14H2/t17-,18-,19-,20-,21-,22-,23-,24-,25-,26-,27-,28-,29-,30-,31-,32-,33-,34-,35-,36+,37-,38-,39-,40-,41-,42-,43-,44-,45-,46-,47-,48-,49-,50-,51-/m1/s1. The SMILES string of the molecule is OC[C@H]1O[C@@H]2O[C@H]3[C@H](O)[C@@H](O)[C@@H](O[C@H]4[C@H](O)[C@@H](O)[C@@H](O[C@H]5[C@H](O)[C@@H](OCc6cn(CC7=CC=CC7)nn6)[C@@H](O[C@H]6[C@H](O)[C@@H](O)[C@@H](O[C@H]7[C@H](O)[C@@H](O)[C@@H](O[C@H]8[C@H](O)[C@@H](O)[C@@H](O[C@H]1[C@H](O)[C@H]2O)O[C@@H]8CO)O[C@@H]7CO)O[C@@H]6CO)O[C@@H]5CO)O[C@@H]4CO)O[C@@H]3CO. The largest absolute Gasteiger partial charge is 0.394 e. The van der Waals surface area contributed by atoms with Crippen LogP contribution in [0.3, 0.4) is 0 Å². The van der Waals surface area contributed by atoms with E-state index in [0.29, 0.717) is 13.0 Å². The predicted molar refractivity (Wildman–Crippen MR) is 273 cm³/mol. The van der Waals surface area contributed by atoms with Gasteiger partial charge in [-0.3, -0.25) is 0 Å². The van der Waals surface area contributed by atoms with Crippen molar-refractivity contribution < 1.29 is 173 Å². The van der Waals surface area contributed by atoms with E-state index in [4.69, 9.17) is 71.1 Å². The third-order valence-corrected chi connectivity index (χ3v) is 17.0. The molecule has 20 N–H and O–H groups in total. The van der Waals surface area contributed by atoms with Gasteiger partial charge in [0, 0.05) is 0 Å². The molecule has 21 saturated heterocycles. The molecule has 22 heterocycles. The Morgan fingerprint density at radius 2 is 0.629 bits per heavy atom. The van der Waals surface area contributed by atoms with Crippen molar-refractivity contribution in [3.8, 4) is 0 Å². The molecule has 89 heavy (non-hydrogen) atoms. The summed E-state index contributed by atoms with van der Waals surface area (Å²) >= 11 is 0. The molecule has 14 bridgehead atoms. The minimum absolute atomic E-state index is 0.180. The quantitative estimate of drug-likeness (QED) is 0.0924. The Balaban J connectivity index is 0.948. The number of aromatic nitrogens is 3. The number of aliphatic hydroxyl groups excluding tert-OH is 20. The normalized spacial score (nSPS) is 50.2. The molecule has 23 rings (SSSR count). The van der Waals surface area contributed by atoms with Crippen molar-refractivity contribution in [2.24, 2.45) is 0 Å². The zero-order valence-corrected chi connectivity index (χ0v) is 47.0. The fraction of sp³-hybridized carbons (Fsp3) is 0.882. The van der Waals surface area contributed by atoms with E-state index >= 15 is 0 Å². The van der Waals surface area contributed by atoms with Crippen LogP contribution in [0.5, 0.6) is 0 Å². The van der Waals surface area contributed by atoms with Gasteiger partial charge in [-0.2, -0.15) is 0 Å². The van der Waals surface area contributed by atoms with Crippen molar-refractivity contribution in [2.75, 3.05) is 46.2 Å². The van der Waals surface area contributed by atoms with Gasteiger partial charge < -0.3 is 173 Å². The van der Waals surface area contributed by atoms with E-state index in [9.17, 15) is 102 Å². The summed E-state index contributed by atoms with van der Waals surface area (Å²) in [4.78, 5) is 0. The molecular weight excluding hydrogens is 1210 g/mol. The Morgan fingerprint density at radius 3 is 0.899 bits per heavy atom. The van der Waals surface area contributed by atoms with E-state index in [2.05, 4.69) is 10.3 Å². The lowest BCUT2D eigenvalue weighted by Crippen LogP contribution is -2.68. The van der Waals surface area contributed by atoms with Crippen LogP contribution in [0.15, 0.2) is 30.0 Å². The number of hydrogen-bond acceptors (Lipinski definition) is 37. The summed E-state index contributed by atoms with van der Waals surface area (Å²) in [6, 6.07) is 0. The fourth-order valence-corrected chi connectivity index (χ4v) is 12.1. The topological polar surface area (TPSA) is 574 Å². The zero-order chi connectivity index (χ0) is 63.9. The maximum absolute atomic E-state index is 12.3. The molecule has 0 amide bonds. The van der Waals surface area contributed by atoms with Crippen molar-refractivity contribution in [3.05, 3.63) is 35.7 Å². The number of aliphatic hydroxyl groups is 20. The second-order valence-electron chi connectivity index (χ2n) is 22.8. The summed E-state index contributed by atoms with van der Waals surface area (Å²) in [7, 11) is 0.